The molecule has 156 valence electrons. The maximum atomic E-state index is 12.9. The summed E-state index contributed by atoms with van der Waals surface area (Å²) in [7, 11) is 1.66. The summed E-state index contributed by atoms with van der Waals surface area (Å²) in [6.45, 7) is 4.12. The van der Waals surface area contributed by atoms with Crippen molar-refractivity contribution in [3.8, 4) is 5.75 Å². The first kappa shape index (κ1) is 21.2. The highest BCUT2D eigenvalue weighted by molar-refractivity contribution is 5.83. The van der Waals surface area contributed by atoms with Crippen LogP contribution in [0, 0.1) is 11.3 Å². The van der Waals surface area contributed by atoms with Crippen LogP contribution in [-0.2, 0) is 11.2 Å². The number of hydrogen-bond acceptors (Lipinski definition) is 3. The number of nitrogens with zero attached hydrogens (tertiary/aromatic N) is 1. The van der Waals surface area contributed by atoms with E-state index in [0.29, 0.717) is 11.8 Å². The number of methoxy groups -OCH3 is 1. The zero-order chi connectivity index (χ0) is 20.0. The van der Waals surface area contributed by atoms with Gasteiger partial charge in [-0.25, -0.2) is 0 Å². The third-order valence-electron chi connectivity index (χ3n) is 7.00. The predicted octanol–water partition coefficient (Wildman–Crippen LogP) is 4.55. The highest BCUT2D eigenvalue weighted by atomic mass is 16.5. The number of ether oxygens (including phenoxy) is 1. The Labute approximate surface area is 170 Å². The van der Waals surface area contributed by atoms with Gasteiger partial charge in [0.1, 0.15) is 5.75 Å². The van der Waals surface area contributed by atoms with Gasteiger partial charge in [0.05, 0.1) is 13.2 Å². The highest BCUT2D eigenvalue weighted by Gasteiger charge is 2.50. The molecule has 0 spiro atoms. The van der Waals surface area contributed by atoms with Crippen LogP contribution < -0.4 is 10.5 Å². The van der Waals surface area contributed by atoms with Gasteiger partial charge in [0, 0.05) is 18.5 Å². The smallest absolute Gasteiger partial charge is 0.239 e. The summed E-state index contributed by atoms with van der Waals surface area (Å²) in [6, 6.07) is 7.40. The van der Waals surface area contributed by atoms with Gasteiger partial charge < -0.3 is 15.4 Å². The molecule has 1 saturated heterocycles. The van der Waals surface area contributed by atoms with Crippen LogP contribution in [0.1, 0.15) is 70.3 Å². The second kappa shape index (κ2) is 9.78. The molecule has 4 heteroatoms. The number of rotatable bonds is 9. The zero-order valence-electron chi connectivity index (χ0n) is 17.8. The van der Waals surface area contributed by atoms with Gasteiger partial charge in [0.2, 0.25) is 5.91 Å². The molecule has 0 aromatic heterocycles. The molecule has 28 heavy (non-hydrogen) atoms. The number of benzene rings is 1. The minimum absolute atomic E-state index is 0.123. The Morgan fingerprint density at radius 2 is 1.86 bits per heavy atom. The molecule has 1 atom stereocenters. The average molecular weight is 387 g/mol. The molecule has 1 aliphatic carbocycles. The van der Waals surface area contributed by atoms with E-state index in [1.54, 1.807) is 7.11 Å². The molecule has 2 N–H and O–H groups in total. The van der Waals surface area contributed by atoms with E-state index >= 15 is 0 Å². The Bertz CT molecular complexity index is 616. The van der Waals surface area contributed by atoms with E-state index in [2.05, 4.69) is 6.92 Å². The number of nitrogens with two attached hydrogens (primary N) is 1. The summed E-state index contributed by atoms with van der Waals surface area (Å²) in [5.41, 5.74) is 7.75. The standard InChI is InChI=1S/C24H38N2O2/c1-3-4-8-15-24(20-9-6-5-7-10-20)17-26(18-24)23(27)22(25)16-19-11-13-21(28-2)14-12-19/h11-14,20,22H,3-10,15-18,25H2,1-2H3. The van der Waals surface area contributed by atoms with Gasteiger partial charge in [-0.05, 0) is 49.3 Å². The number of amides is 1. The van der Waals surface area contributed by atoms with Crippen LogP contribution in [0.25, 0.3) is 0 Å². The van der Waals surface area contributed by atoms with Crippen molar-refractivity contribution in [2.24, 2.45) is 17.1 Å². The fourth-order valence-corrected chi connectivity index (χ4v) is 5.27. The highest BCUT2D eigenvalue weighted by Crippen LogP contribution is 2.48. The van der Waals surface area contributed by atoms with Gasteiger partial charge >= 0.3 is 0 Å². The summed E-state index contributed by atoms with van der Waals surface area (Å²) in [4.78, 5) is 15.0. The molecule has 1 heterocycles. The van der Waals surface area contributed by atoms with Gasteiger partial charge in [0.15, 0.2) is 0 Å². The molecule has 3 rings (SSSR count). The van der Waals surface area contributed by atoms with E-state index in [9.17, 15) is 4.79 Å². The number of hydrogen-bond donors (Lipinski definition) is 1. The summed E-state index contributed by atoms with van der Waals surface area (Å²) < 4.78 is 5.20. The Morgan fingerprint density at radius 3 is 2.46 bits per heavy atom. The van der Waals surface area contributed by atoms with Crippen LogP contribution in [0.4, 0.5) is 0 Å². The van der Waals surface area contributed by atoms with Crippen molar-refractivity contribution in [2.45, 2.75) is 77.2 Å². The molecular weight excluding hydrogens is 348 g/mol. The van der Waals surface area contributed by atoms with Crippen LogP contribution in [0.2, 0.25) is 0 Å². The molecule has 2 aliphatic rings. The van der Waals surface area contributed by atoms with E-state index in [-0.39, 0.29) is 5.91 Å². The van der Waals surface area contributed by atoms with Crippen LogP contribution in [0.15, 0.2) is 24.3 Å². The third kappa shape index (κ3) is 4.89. The number of unbranched alkanes of at least 4 members (excludes halogenated alkanes) is 2. The van der Waals surface area contributed by atoms with Gasteiger partial charge in [0.25, 0.3) is 0 Å². The minimum Gasteiger partial charge on any atom is -0.497 e. The van der Waals surface area contributed by atoms with Crippen molar-refractivity contribution in [1.29, 1.82) is 0 Å². The Hall–Kier alpha value is -1.55. The summed E-state index contributed by atoms with van der Waals surface area (Å²) >= 11 is 0. The summed E-state index contributed by atoms with van der Waals surface area (Å²) in [6.07, 6.45) is 12.6. The summed E-state index contributed by atoms with van der Waals surface area (Å²) in [5.74, 6) is 1.76. The minimum atomic E-state index is -0.451. The molecular formula is C24H38N2O2. The average Bonchev–Trinajstić information content (AvgIpc) is 2.70. The first-order valence-corrected chi connectivity index (χ1v) is 11.3. The van der Waals surface area contributed by atoms with Gasteiger partial charge in [-0.1, -0.05) is 57.6 Å². The second-order valence-electron chi connectivity index (χ2n) is 9.01. The number of likely N-dealkylation sites (tertiary alicyclic amines) is 1. The number of carbonyl (C=O) groups excluding carboxylic acids is 1. The van der Waals surface area contributed by atoms with Gasteiger partial charge in [-0.2, -0.15) is 0 Å². The Morgan fingerprint density at radius 1 is 1.18 bits per heavy atom. The van der Waals surface area contributed by atoms with Crippen LogP contribution >= 0.6 is 0 Å². The van der Waals surface area contributed by atoms with E-state index in [4.69, 9.17) is 10.5 Å². The lowest BCUT2D eigenvalue weighted by molar-refractivity contribution is -0.151. The normalized spacial score (nSPS) is 20.5. The lowest BCUT2D eigenvalue weighted by Gasteiger charge is -2.56. The topological polar surface area (TPSA) is 55.6 Å². The molecule has 1 aromatic carbocycles. The maximum absolute atomic E-state index is 12.9. The van der Waals surface area contributed by atoms with Crippen LogP contribution in [0.5, 0.6) is 5.75 Å². The predicted molar refractivity (Wildman–Crippen MR) is 114 cm³/mol. The monoisotopic (exact) mass is 386 g/mol. The molecule has 1 aliphatic heterocycles. The maximum Gasteiger partial charge on any atom is 0.239 e. The first-order valence-electron chi connectivity index (χ1n) is 11.3. The first-order chi connectivity index (χ1) is 13.6. The van der Waals surface area contributed by atoms with Crippen LogP contribution in [-0.4, -0.2) is 37.0 Å². The van der Waals surface area contributed by atoms with Crippen molar-refractivity contribution in [1.82, 2.24) is 4.90 Å². The number of carbonyl (C=O) groups is 1. The third-order valence-corrected chi connectivity index (χ3v) is 7.00. The lowest BCUT2D eigenvalue weighted by Crippen LogP contribution is -2.64. The quantitative estimate of drug-likeness (QED) is 0.633. The van der Waals surface area contributed by atoms with Gasteiger partial charge in [-0.3, -0.25) is 4.79 Å². The Kier molecular flexibility index (Phi) is 7.39. The van der Waals surface area contributed by atoms with Crippen molar-refractivity contribution in [3.05, 3.63) is 29.8 Å². The SMILES string of the molecule is CCCCCC1(C2CCCCC2)CN(C(=O)C(N)Cc2ccc(OC)cc2)C1. The molecule has 1 saturated carbocycles. The lowest BCUT2D eigenvalue weighted by atomic mass is 9.61. The Balaban J connectivity index is 1.56. The largest absolute Gasteiger partial charge is 0.497 e. The molecule has 1 aromatic rings. The molecule has 0 radical (unpaired) electrons. The van der Waals surface area contributed by atoms with E-state index in [1.165, 1.54) is 57.8 Å². The zero-order valence-corrected chi connectivity index (χ0v) is 17.8. The summed E-state index contributed by atoms with van der Waals surface area (Å²) in [5, 5.41) is 0. The fraction of sp³-hybridized carbons (Fsp3) is 0.708. The molecule has 0 bridgehead atoms. The van der Waals surface area contributed by atoms with Crippen molar-refractivity contribution in [2.75, 3.05) is 20.2 Å². The van der Waals surface area contributed by atoms with E-state index < -0.39 is 6.04 Å². The second-order valence-corrected chi connectivity index (χ2v) is 9.01. The van der Waals surface area contributed by atoms with Crippen molar-refractivity contribution >= 4 is 5.91 Å². The fourth-order valence-electron chi connectivity index (χ4n) is 5.27. The molecule has 1 amide bonds. The van der Waals surface area contributed by atoms with Crippen molar-refractivity contribution < 1.29 is 9.53 Å². The van der Waals surface area contributed by atoms with Crippen molar-refractivity contribution in [3.63, 3.8) is 0 Å². The van der Waals surface area contributed by atoms with Gasteiger partial charge in [-0.15, -0.1) is 0 Å². The van der Waals surface area contributed by atoms with E-state index in [0.717, 1.165) is 30.3 Å². The molecule has 1 unspecified atom stereocenters. The molecule has 4 nitrogen and oxygen atoms in total. The molecule has 2 fully saturated rings. The van der Waals surface area contributed by atoms with E-state index in [1.807, 2.05) is 29.2 Å². The van der Waals surface area contributed by atoms with Crippen LogP contribution in [0.3, 0.4) is 0 Å².